The number of hydrogen-bond acceptors (Lipinski definition) is 3. The summed E-state index contributed by atoms with van der Waals surface area (Å²) >= 11 is 0. The summed E-state index contributed by atoms with van der Waals surface area (Å²) in [4.78, 5) is 11.8. The average Bonchev–Trinajstić information content (AvgIpc) is 2.28. The van der Waals surface area contributed by atoms with Gasteiger partial charge in [-0.2, -0.15) is 0 Å². The van der Waals surface area contributed by atoms with E-state index >= 15 is 0 Å². The van der Waals surface area contributed by atoms with Gasteiger partial charge in [-0.05, 0) is 32.2 Å². The Labute approximate surface area is 104 Å². The van der Waals surface area contributed by atoms with Gasteiger partial charge in [0, 0.05) is 25.1 Å². The summed E-state index contributed by atoms with van der Waals surface area (Å²) in [6, 6.07) is 0.455. The van der Waals surface area contributed by atoms with Crippen molar-refractivity contribution in [2.24, 2.45) is 11.8 Å². The molecule has 0 aromatic rings. The van der Waals surface area contributed by atoms with Crippen LogP contribution in [0.5, 0.6) is 0 Å². The molecule has 0 bridgehead atoms. The molecule has 1 rings (SSSR count). The lowest BCUT2D eigenvalue weighted by Crippen LogP contribution is -2.43. The van der Waals surface area contributed by atoms with Gasteiger partial charge in [-0.3, -0.25) is 4.79 Å². The van der Waals surface area contributed by atoms with Crippen molar-refractivity contribution in [3.63, 3.8) is 0 Å². The standard InChI is InChI=1S/C13H26N2O2/c1-10(2)9-17-7-6-15-13(16)12-4-5-14-11(3)8-12/h10-12,14H,4-9H2,1-3H3,(H,15,16). The molecule has 17 heavy (non-hydrogen) atoms. The topological polar surface area (TPSA) is 50.4 Å². The summed E-state index contributed by atoms with van der Waals surface area (Å²) in [6.45, 7) is 9.33. The summed E-state index contributed by atoms with van der Waals surface area (Å²) in [5.74, 6) is 0.916. The molecular weight excluding hydrogens is 216 g/mol. The van der Waals surface area contributed by atoms with Gasteiger partial charge in [-0.1, -0.05) is 13.8 Å². The van der Waals surface area contributed by atoms with Crippen molar-refractivity contribution < 1.29 is 9.53 Å². The van der Waals surface area contributed by atoms with E-state index in [1.807, 2.05) is 0 Å². The summed E-state index contributed by atoms with van der Waals surface area (Å²) < 4.78 is 5.43. The molecule has 1 heterocycles. The maximum absolute atomic E-state index is 11.8. The molecule has 0 radical (unpaired) electrons. The number of ether oxygens (including phenoxy) is 1. The second-order valence-electron chi connectivity index (χ2n) is 5.34. The SMILES string of the molecule is CC(C)COCCNC(=O)C1CCNC(C)C1. The molecule has 1 aliphatic rings. The molecule has 0 aromatic heterocycles. The van der Waals surface area contributed by atoms with Gasteiger partial charge in [-0.25, -0.2) is 0 Å². The maximum atomic E-state index is 11.8. The van der Waals surface area contributed by atoms with E-state index in [0.29, 0.717) is 25.1 Å². The lowest BCUT2D eigenvalue weighted by atomic mass is 9.92. The molecule has 0 spiro atoms. The normalized spacial score (nSPS) is 24.9. The summed E-state index contributed by atoms with van der Waals surface area (Å²) in [6.07, 6.45) is 1.89. The monoisotopic (exact) mass is 242 g/mol. The van der Waals surface area contributed by atoms with Crippen LogP contribution in [0.1, 0.15) is 33.6 Å². The van der Waals surface area contributed by atoms with Gasteiger partial charge in [0.25, 0.3) is 0 Å². The molecule has 2 N–H and O–H groups in total. The number of rotatable bonds is 6. The van der Waals surface area contributed by atoms with E-state index < -0.39 is 0 Å². The summed E-state index contributed by atoms with van der Waals surface area (Å²) in [5.41, 5.74) is 0. The van der Waals surface area contributed by atoms with Gasteiger partial charge in [0.1, 0.15) is 0 Å². The number of nitrogens with one attached hydrogen (secondary N) is 2. The number of amides is 1. The van der Waals surface area contributed by atoms with Gasteiger partial charge in [0.15, 0.2) is 0 Å². The van der Waals surface area contributed by atoms with Crippen molar-refractivity contribution in [3.8, 4) is 0 Å². The second-order valence-corrected chi connectivity index (χ2v) is 5.34. The number of piperidine rings is 1. The van der Waals surface area contributed by atoms with Crippen LogP contribution in [0.15, 0.2) is 0 Å². The smallest absolute Gasteiger partial charge is 0.223 e. The Morgan fingerprint density at radius 1 is 1.53 bits per heavy atom. The molecule has 0 aromatic carbocycles. The van der Waals surface area contributed by atoms with E-state index in [9.17, 15) is 4.79 Å². The Bertz CT molecular complexity index is 231. The average molecular weight is 242 g/mol. The molecule has 0 aliphatic carbocycles. The third kappa shape index (κ3) is 6.03. The first kappa shape index (κ1) is 14.5. The highest BCUT2D eigenvalue weighted by molar-refractivity contribution is 5.78. The zero-order chi connectivity index (χ0) is 12.7. The van der Waals surface area contributed by atoms with E-state index in [-0.39, 0.29) is 11.8 Å². The fourth-order valence-corrected chi connectivity index (χ4v) is 2.08. The lowest BCUT2D eigenvalue weighted by molar-refractivity contribution is -0.126. The summed E-state index contributed by atoms with van der Waals surface area (Å²) in [7, 11) is 0. The Hall–Kier alpha value is -0.610. The molecule has 1 aliphatic heterocycles. The molecule has 4 nitrogen and oxygen atoms in total. The van der Waals surface area contributed by atoms with Crippen molar-refractivity contribution in [1.29, 1.82) is 0 Å². The van der Waals surface area contributed by atoms with Crippen LogP contribution in [0.2, 0.25) is 0 Å². The van der Waals surface area contributed by atoms with Crippen LogP contribution < -0.4 is 10.6 Å². The van der Waals surface area contributed by atoms with Gasteiger partial charge >= 0.3 is 0 Å². The molecule has 1 saturated heterocycles. The van der Waals surface area contributed by atoms with E-state index in [2.05, 4.69) is 31.4 Å². The van der Waals surface area contributed by atoms with Gasteiger partial charge < -0.3 is 15.4 Å². The Morgan fingerprint density at radius 3 is 2.94 bits per heavy atom. The first-order valence-corrected chi connectivity index (χ1v) is 6.68. The molecule has 2 unspecified atom stereocenters. The Balaban J connectivity index is 2.08. The first-order chi connectivity index (χ1) is 8.09. The van der Waals surface area contributed by atoms with Crippen LogP contribution >= 0.6 is 0 Å². The number of hydrogen-bond donors (Lipinski definition) is 2. The second kappa shape index (κ2) is 7.67. The Morgan fingerprint density at radius 2 is 2.29 bits per heavy atom. The number of carbonyl (C=O) groups excluding carboxylic acids is 1. The van der Waals surface area contributed by atoms with Gasteiger partial charge in [-0.15, -0.1) is 0 Å². The highest BCUT2D eigenvalue weighted by atomic mass is 16.5. The first-order valence-electron chi connectivity index (χ1n) is 6.68. The minimum atomic E-state index is 0.177. The van der Waals surface area contributed by atoms with Gasteiger partial charge in [0.05, 0.1) is 6.61 Å². The Kier molecular flexibility index (Phi) is 6.52. The fourth-order valence-electron chi connectivity index (χ4n) is 2.08. The zero-order valence-corrected chi connectivity index (χ0v) is 11.3. The minimum Gasteiger partial charge on any atom is -0.379 e. The van der Waals surface area contributed by atoms with Crippen molar-refractivity contribution in [2.45, 2.75) is 39.7 Å². The summed E-state index contributed by atoms with van der Waals surface area (Å²) in [5, 5.41) is 6.31. The van der Waals surface area contributed by atoms with Crippen molar-refractivity contribution in [1.82, 2.24) is 10.6 Å². The molecule has 100 valence electrons. The van der Waals surface area contributed by atoms with Crippen LogP contribution in [0.4, 0.5) is 0 Å². The maximum Gasteiger partial charge on any atom is 0.223 e. The van der Waals surface area contributed by atoms with E-state index in [4.69, 9.17) is 4.74 Å². The van der Waals surface area contributed by atoms with Crippen molar-refractivity contribution in [2.75, 3.05) is 26.3 Å². The van der Waals surface area contributed by atoms with Crippen LogP contribution in [0, 0.1) is 11.8 Å². The van der Waals surface area contributed by atoms with E-state index in [1.54, 1.807) is 0 Å². The highest BCUT2D eigenvalue weighted by Gasteiger charge is 2.24. The predicted octanol–water partition coefficient (Wildman–Crippen LogP) is 1.16. The van der Waals surface area contributed by atoms with Crippen LogP contribution in [-0.4, -0.2) is 38.3 Å². The molecule has 0 saturated carbocycles. The van der Waals surface area contributed by atoms with Crippen LogP contribution in [0.3, 0.4) is 0 Å². The molecule has 4 heteroatoms. The minimum absolute atomic E-state index is 0.177. The molecule has 1 fully saturated rings. The largest absolute Gasteiger partial charge is 0.379 e. The number of carbonyl (C=O) groups is 1. The predicted molar refractivity (Wildman–Crippen MR) is 68.9 cm³/mol. The molecule has 1 amide bonds. The lowest BCUT2D eigenvalue weighted by Gasteiger charge is -2.27. The van der Waals surface area contributed by atoms with E-state index in [0.717, 1.165) is 26.0 Å². The molecular formula is C13H26N2O2. The van der Waals surface area contributed by atoms with Crippen LogP contribution in [-0.2, 0) is 9.53 Å². The zero-order valence-electron chi connectivity index (χ0n) is 11.3. The van der Waals surface area contributed by atoms with Crippen molar-refractivity contribution in [3.05, 3.63) is 0 Å². The molecule has 2 atom stereocenters. The van der Waals surface area contributed by atoms with Crippen LogP contribution in [0.25, 0.3) is 0 Å². The third-order valence-electron chi connectivity index (χ3n) is 2.99. The van der Waals surface area contributed by atoms with Gasteiger partial charge in [0.2, 0.25) is 5.91 Å². The van der Waals surface area contributed by atoms with Crippen molar-refractivity contribution >= 4 is 5.91 Å². The van der Waals surface area contributed by atoms with E-state index in [1.165, 1.54) is 0 Å². The fraction of sp³-hybridized carbons (Fsp3) is 0.923. The highest BCUT2D eigenvalue weighted by Crippen LogP contribution is 2.15. The third-order valence-corrected chi connectivity index (χ3v) is 2.99. The quantitative estimate of drug-likeness (QED) is 0.687.